The van der Waals surface area contributed by atoms with Crippen LogP contribution in [0.3, 0.4) is 0 Å². The molecule has 112 valence electrons. The summed E-state index contributed by atoms with van der Waals surface area (Å²) in [6, 6.07) is 3.78. The molecule has 4 nitrogen and oxygen atoms in total. The van der Waals surface area contributed by atoms with Gasteiger partial charge in [-0.25, -0.2) is 0 Å². The number of benzene rings is 1. The number of hydrogen-bond acceptors (Lipinski definition) is 3. The number of carbonyl (C=O) groups excluding carboxylic acids is 1. The van der Waals surface area contributed by atoms with Crippen molar-refractivity contribution in [2.24, 2.45) is 0 Å². The van der Waals surface area contributed by atoms with Gasteiger partial charge >= 0.3 is 0 Å². The Morgan fingerprint density at radius 2 is 1.80 bits per heavy atom. The minimum absolute atomic E-state index is 0.0522. The Hall–Kier alpha value is -1.71. The van der Waals surface area contributed by atoms with Gasteiger partial charge in [0.25, 0.3) is 0 Å². The third-order valence-corrected chi connectivity index (χ3v) is 3.30. The minimum Gasteiger partial charge on any atom is -0.493 e. The molecule has 1 aromatic rings. The molecule has 0 fully saturated rings. The van der Waals surface area contributed by atoms with Gasteiger partial charge in [0.15, 0.2) is 11.5 Å². The van der Waals surface area contributed by atoms with Crippen LogP contribution in [-0.2, 0) is 11.2 Å². The number of unbranched alkanes of at least 4 members (excludes halogenated alkanes) is 2. The van der Waals surface area contributed by atoms with Gasteiger partial charge in [-0.15, -0.1) is 0 Å². The summed E-state index contributed by atoms with van der Waals surface area (Å²) in [6.45, 7) is 4.87. The number of aryl methyl sites for hydroxylation is 1. The first kappa shape index (κ1) is 16.3. The van der Waals surface area contributed by atoms with Crippen molar-refractivity contribution in [3.05, 3.63) is 23.3 Å². The fourth-order valence-corrected chi connectivity index (χ4v) is 2.05. The average Bonchev–Trinajstić information content (AvgIpc) is 2.45. The second kappa shape index (κ2) is 8.46. The Morgan fingerprint density at radius 3 is 2.40 bits per heavy atom. The molecule has 4 heteroatoms. The quantitative estimate of drug-likeness (QED) is 0.744. The van der Waals surface area contributed by atoms with Crippen LogP contribution in [0.2, 0.25) is 0 Å². The lowest BCUT2D eigenvalue weighted by Gasteiger charge is -2.12. The maximum atomic E-state index is 11.9. The zero-order valence-electron chi connectivity index (χ0n) is 12.9. The third kappa shape index (κ3) is 4.76. The number of methoxy groups -OCH3 is 2. The van der Waals surface area contributed by atoms with Gasteiger partial charge in [-0.05, 0) is 36.6 Å². The lowest BCUT2D eigenvalue weighted by Crippen LogP contribution is -2.26. The second-order valence-electron chi connectivity index (χ2n) is 4.87. The van der Waals surface area contributed by atoms with Crippen molar-refractivity contribution in [2.75, 3.05) is 20.8 Å². The molecule has 0 atom stereocenters. The molecule has 0 aliphatic heterocycles. The van der Waals surface area contributed by atoms with E-state index in [0.29, 0.717) is 17.9 Å². The smallest absolute Gasteiger partial charge is 0.224 e. The molecule has 0 aliphatic carbocycles. The van der Waals surface area contributed by atoms with Crippen molar-refractivity contribution in [1.29, 1.82) is 0 Å². The van der Waals surface area contributed by atoms with Crippen LogP contribution >= 0.6 is 0 Å². The Bertz CT molecular complexity index is 444. The van der Waals surface area contributed by atoms with E-state index < -0.39 is 0 Å². The van der Waals surface area contributed by atoms with E-state index in [2.05, 4.69) is 12.2 Å². The van der Waals surface area contributed by atoms with Gasteiger partial charge in [-0.3, -0.25) is 4.79 Å². The van der Waals surface area contributed by atoms with Crippen molar-refractivity contribution in [2.45, 2.75) is 39.5 Å². The topological polar surface area (TPSA) is 47.6 Å². The molecule has 1 amide bonds. The van der Waals surface area contributed by atoms with Gasteiger partial charge in [-0.2, -0.15) is 0 Å². The molecular weight excluding hydrogens is 254 g/mol. The van der Waals surface area contributed by atoms with E-state index in [1.165, 1.54) is 0 Å². The van der Waals surface area contributed by atoms with Crippen molar-refractivity contribution >= 4 is 5.91 Å². The van der Waals surface area contributed by atoms with Crippen LogP contribution in [0.5, 0.6) is 11.5 Å². The molecule has 0 saturated heterocycles. The SMILES string of the molecule is CCCCCNC(=O)Cc1cc(OC)c(OC)cc1C. The third-order valence-electron chi connectivity index (χ3n) is 3.30. The predicted octanol–water partition coefficient (Wildman–Crippen LogP) is 2.86. The molecular formula is C16H25NO3. The highest BCUT2D eigenvalue weighted by molar-refractivity contribution is 5.79. The number of ether oxygens (including phenoxy) is 2. The fourth-order valence-electron chi connectivity index (χ4n) is 2.05. The summed E-state index contributed by atoms with van der Waals surface area (Å²) in [6.07, 6.45) is 3.71. The van der Waals surface area contributed by atoms with Gasteiger partial charge in [0, 0.05) is 6.54 Å². The van der Waals surface area contributed by atoms with Crippen LogP contribution in [0.4, 0.5) is 0 Å². The normalized spacial score (nSPS) is 10.2. The monoisotopic (exact) mass is 279 g/mol. The molecule has 1 N–H and O–H groups in total. The van der Waals surface area contributed by atoms with E-state index >= 15 is 0 Å². The van der Waals surface area contributed by atoms with Gasteiger partial charge in [-0.1, -0.05) is 19.8 Å². The average molecular weight is 279 g/mol. The fraction of sp³-hybridized carbons (Fsp3) is 0.562. The number of rotatable bonds is 8. The van der Waals surface area contributed by atoms with E-state index in [-0.39, 0.29) is 5.91 Å². The summed E-state index contributed by atoms with van der Waals surface area (Å²) >= 11 is 0. The second-order valence-corrected chi connectivity index (χ2v) is 4.87. The molecule has 0 radical (unpaired) electrons. The van der Waals surface area contributed by atoms with E-state index in [4.69, 9.17) is 9.47 Å². The van der Waals surface area contributed by atoms with Crippen LogP contribution < -0.4 is 14.8 Å². The van der Waals surface area contributed by atoms with Crippen LogP contribution in [0.25, 0.3) is 0 Å². The molecule has 0 saturated carbocycles. The first-order valence-corrected chi connectivity index (χ1v) is 7.10. The van der Waals surface area contributed by atoms with Crippen molar-refractivity contribution < 1.29 is 14.3 Å². The van der Waals surface area contributed by atoms with E-state index in [1.54, 1.807) is 14.2 Å². The van der Waals surface area contributed by atoms with Gasteiger partial charge in [0.05, 0.1) is 20.6 Å². The van der Waals surface area contributed by atoms with Gasteiger partial charge in [0.2, 0.25) is 5.91 Å². The molecule has 20 heavy (non-hydrogen) atoms. The zero-order valence-corrected chi connectivity index (χ0v) is 12.9. The lowest BCUT2D eigenvalue weighted by molar-refractivity contribution is -0.120. The lowest BCUT2D eigenvalue weighted by atomic mass is 10.0. The Labute approximate surface area is 121 Å². The maximum absolute atomic E-state index is 11.9. The summed E-state index contributed by atoms with van der Waals surface area (Å²) in [5.41, 5.74) is 2.00. The predicted molar refractivity (Wildman–Crippen MR) is 80.5 cm³/mol. The van der Waals surface area contributed by atoms with E-state index in [9.17, 15) is 4.79 Å². The maximum Gasteiger partial charge on any atom is 0.224 e. The Balaban J connectivity index is 2.65. The molecule has 0 unspecified atom stereocenters. The molecule has 0 spiro atoms. The zero-order chi connectivity index (χ0) is 15.0. The van der Waals surface area contributed by atoms with Gasteiger partial charge < -0.3 is 14.8 Å². The molecule has 1 aromatic carbocycles. The Kier molecular flexibility index (Phi) is 6.91. The summed E-state index contributed by atoms with van der Waals surface area (Å²) < 4.78 is 10.5. The molecule has 0 heterocycles. The molecule has 0 bridgehead atoms. The first-order chi connectivity index (χ1) is 9.62. The van der Waals surface area contributed by atoms with E-state index in [1.807, 2.05) is 19.1 Å². The van der Waals surface area contributed by atoms with E-state index in [0.717, 1.165) is 36.9 Å². The number of amides is 1. The number of hydrogen-bond donors (Lipinski definition) is 1. The van der Waals surface area contributed by atoms with Crippen molar-refractivity contribution in [3.63, 3.8) is 0 Å². The number of nitrogens with one attached hydrogen (secondary N) is 1. The van der Waals surface area contributed by atoms with Crippen LogP contribution in [-0.4, -0.2) is 26.7 Å². The summed E-state index contributed by atoms with van der Waals surface area (Å²) in [4.78, 5) is 11.9. The summed E-state index contributed by atoms with van der Waals surface area (Å²) in [7, 11) is 3.21. The highest BCUT2D eigenvalue weighted by Gasteiger charge is 2.11. The van der Waals surface area contributed by atoms with Crippen LogP contribution in [0, 0.1) is 6.92 Å². The van der Waals surface area contributed by atoms with Gasteiger partial charge in [0.1, 0.15) is 0 Å². The standard InChI is InChI=1S/C16H25NO3/c1-5-6-7-8-17-16(18)11-13-10-15(20-4)14(19-3)9-12(13)2/h9-10H,5-8,11H2,1-4H3,(H,17,18). The van der Waals surface area contributed by atoms with Crippen molar-refractivity contribution in [1.82, 2.24) is 5.32 Å². The minimum atomic E-state index is 0.0522. The molecule has 0 aliphatic rings. The molecule has 0 aromatic heterocycles. The van der Waals surface area contributed by atoms with Crippen LogP contribution in [0.15, 0.2) is 12.1 Å². The Morgan fingerprint density at radius 1 is 1.15 bits per heavy atom. The van der Waals surface area contributed by atoms with Crippen LogP contribution in [0.1, 0.15) is 37.3 Å². The summed E-state index contributed by atoms with van der Waals surface area (Å²) in [5.74, 6) is 1.40. The number of carbonyl (C=O) groups is 1. The largest absolute Gasteiger partial charge is 0.493 e. The summed E-state index contributed by atoms with van der Waals surface area (Å²) in [5, 5.41) is 2.95. The first-order valence-electron chi connectivity index (χ1n) is 7.10. The van der Waals surface area contributed by atoms with Crippen molar-refractivity contribution in [3.8, 4) is 11.5 Å². The molecule has 1 rings (SSSR count). The highest BCUT2D eigenvalue weighted by atomic mass is 16.5. The highest BCUT2D eigenvalue weighted by Crippen LogP contribution is 2.30.